The first-order valence-electron chi connectivity index (χ1n) is 23.3. The molecular formula is C53H62N8O4S. The molecule has 7 rings (SSSR count). The molecule has 0 bridgehead atoms. The van der Waals surface area contributed by atoms with Crippen molar-refractivity contribution in [2.75, 3.05) is 31.9 Å². The molecule has 12 nitrogen and oxygen atoms in total. The molecule has 0 aliphatic heterocycles. The highest BCUT2D eigenvalue weighted by Gasteiger charge is 2.17. The van der Waals surface area contributed by atoms with Crippen LogP contribution in [0.1, 0.15) is 91.7 Å². The molecule has 3 amide bonds. The van der Waals surface area contributed by atoms with Gasteiger partial charge in [-0.15, -0.1) is 11.3 Å². The van der Waals surface area contributed by atoms with Gasteiger partial charge in [0.15, 0.2) is 0 Å². The number of nitrogens with one attached hydrogen (secondary N) is 4. The number of phenolic OH excluding ortho intramolecular Hbond substituents is 1. The minimum absolute atomic E-state index is 0.00706. The Hall–Kier alpha value is -6.57. The van der Waals surface area contributed by atoms with Gasteiger partial charge in [0.1, 0.15) is 17.3 Å². The van der Waals surface area contributed by atoms with E-state index in [0.717, 1.165) is 78.5 Å². The smallest absolute Gasteiger partial charge is 0.269 e. The SMILES string of the molecule is CCc1c(-c2ccc(C(=O)NCCCNC(=O)CCCCCCCCNC(=O)CNCc3ccc4c(c3)c3ccc(-c5ccc(C)s5)cc3n4CC)nc2)cnc(N)c1-c1ccc(O)cc1. The largest absolute Gasteiger partial charge is 0.508 e. The van der Waals surface area contributed by atoms with Crippen LogP contribution in [0, 0.1) is 6.92 Å². The summed E-state index contributed by atoms with van der Waals surface area (Å²) in [6.45, 7) is 9.74. The number of aromatic hydroxyl groups is 1. The number of phenols is 1. The molecule has 0 spiro atoms. The fourth-order valence-corrected chi connectivity index (χ4v) is 9.45. The van der Waals surface area contributed by atoms with Crippen molar-refractivity contribution in [3.05, 3.63) is 119 Å². The number of nitrogens with zero attached hydrogens (tertiary/aromatic N) is 3. The number of benzene rings is 3. The van der Waals surface area contributed by atoms with E-state index in [1.807, 2.05) is 36.5 Å². The molecule has 13 heteroatoms. The third-order valence-corrected chi connectivity index (χ3v) is 13.1. The molecule has 3 aromatic carbocycles. The molecule has 66 heavy (non-hydrogen) atoms. The van der Waals surface area contributed by atoms with Gasteiger partial charge in [0.2, 0.25) is 11.8 Å². The Morgan fingerprint density at radius 2 is 1.42 bits per heavy atom. The van der Waals surface area contributed by atoms with Crippen LogP contribution in [-0.2, 0) is 29.1 Å². The van der Waals surface area contributed by atoms with Gasteiger partial charge in [0.25, 0.3) is 5.91 Å². The zero-order valence-electron chi connectivity index (χ0n) is 38.3. The van der Waals surface area contributed by atoms with Gasteiger partial charge in [-0.2, -0.15) is 0 Å². The molecule has 0 aliphatic rings. The van der Waals surface area contributed by atoms with Crippen LogP contribution < -0.4 is 27.0 Å². The fraction of sp³-hybridized carbons (Fsp3) is 0.340. The van der Waals surface area contributed by atoms with Gasteiger partial charge >= 0.3 is 0 Å². The van der Waals surface area contributed by atoms with Crippen molar-refractivity contribution in [1.29, 1.82) is 0 Å². The van der Waals surface area contributed by atoms with Gasteiger partial charge in [-0.05, 0) is 110 Å². The zero-order chi connectivity index (χ0) is 46.4. The summed E-state index contributed by atoms with van der Waals surface area (Å²) < 4.78 is 2.38. The van der Waals surface area contributed by atoms with Crippen molar-refractivity contribution in [2.45, 2.75) is 91.6 Å². The van der Waals surface area contributed by atoms with Crippen molar-refractivity contribution in [3.63, 3.8) is 0 Å². The van der Waals surface area contributed by atoms with E-state index in [1.54, 1.807) is 30.6 Å². The number of rotatable bonds is 23. The van der Waals surface area contributed by atoms with Crippen molar-refractivity contribution in [1.82, 2.24) is 35.8 Å². The number of carbonyl (C=O) groups is 3. The molecule has 0 radical (unpaired) electrons. The normalized spacial score (nSPS) is 11.3. The Morgan fingerprint density at radius 3 is 2.17 bits per heavy atom. The standard InChI is InChI=1S/C53H62N8O4S/c1-4-41-44(33-60-52(54)51(41)37-16-20-40(62)21-17-37)39-19-23-45(59-32-39)53(65)58-28-12-27-56-49(63)13-10-8-6-7-9-11-26-57-50(64)34-55-31-36-15-24-46-43(29-36)42-22-18-38(30-47(42)61(46)5-2)48-25-14-35(3)66-48/h14-25,29-30,32-33,55,62H,4-13,26-28,31,34H2,1-3H3,(H2,54,60)(H,56,63)(H,57,64)(H,58,65). The number of thiophene rings is 1. The Labute approximate surface area is 391 Å². The van der Waals surface area contributed by atoms with E-state index in [0.29, 0.717) is 57.0 Å². The molecule has 0 saturated carbocycles. The van der Waals surface area contributed by atoms with Crippen LogP contribution in [0.15, 0.2) is 97.3 Å². The first-order valence-corrected chi connectivity index (χ1v) is 24.1. The van der Waals surface area contributed by atoms with Crippen LogP contribution in [0.25, 0.3) is 54.5 Å². The Balaban J connectivity index is 0.713. The zero-order valence-corrected chi connectivity index (χ0v) is 39.2. The average molecular weight is 907 g/mol. The Bertz CT molecular complexity index is 2760. The number of aromatic nitrogens is 3. The van der Waals surface area contributed by atoms with Crippen molar-refractivity contribution in [2.24, 2.45) is 0 Å². The van der Waals surface area contributed by atoms with E-state index in [1.165, 1.54) is 37.1 Å². The molecule has 7 aromatic rings. The molecule has 0 saturated heterocycles. The van der Waals surface area contributed by atoms with E-state index in [4.69, 9.17) is 5.73 Å². The molecule has 7 N–H and O–H groups in total. The minimum atomic E-state index is -0.278. The van der Waals surface area contributed by atoms with Crippen LogP contribution in [0.2, 0.25) is 0 Å². The number of fused-ring (bicyclic) bond motifs is 3. The van der Waals surface area contributed by atoms with E-state index in [-0.39, 0.29) is 30.0 Å². The second kappa shape index (κ2) is 23.1. The lowest BCUT2D eigenvalue weighted by Crippen LogP contribution is -2.34. The van der Waals surface area contributed by atoms with Crippen LogP contribution >= 0.6 is 11.3 Å². The lowest BCUT2D eigenvalue weighted by molar-refractivity contribution is -0.121. The predicted molar refractivity (Wildman–Crippen MR) is 269 cm³/mol. The molecule has 4 aromatic heterocycles. The van der Waals surface area contributed by atoms with Crippen LogP contribution in [0.5, 0.6) is 5.75 Å². The van der Waals surface area contributed by atoms with Crippen molar-refractivity contribution >= 4 is 56.7 Å². The van der Waals surface area contributed by atoms with Gasteiger partial charge in [0, 0.05) is 99.8 Å². The number of carbonyl (C=O) groups excluding carboxylic acids is 3. The molecular weight excluding hydrogens is 845 g/mol. The highest BCUT2D eigenvalue weighted by molar-refractivity contribution is 7.15. The van der Waals surface area contributed by atoms with Crippen LogP contribution in [0.4, 0.5) is 5.82 Å². The highest BCUT2D eigenvalue weighted by Crippen LogP contribution is 2.37. The summed E-state index contributed by atoms with van der Waals surface area (Å²) in [6, 6.07) is 28.2. The van der Waals surface area contributed by atoms with Crippen molar-refractivity contribution < 1.29 is 19.5 Å². The van der Waals surface area contributed by atoms with E-state index in [2.05, 4.69) is 98.2 Å². The summed E-state index contributed by atoms with van der Waals surface area (Å²) in [4.78, 5) is 49.1. The summed E-state index contributed by atoms with van der Waals surface area (Å²) in [5.41, 5.74) is 15.9. The number of amides is 3. The molecule has 0 atom stereocenters. The number of pyridine rings is 2. The van der Waals surface area contributed by atoms with Gasteiger partial charge in [-0.3, -0.25) is 19.4 Å². The third kappa shape index (κ3) is 12.0. The molecule has 4 heterocycles. The monoisotopic (exact) mass is 906 g/mol. The minimum Gasteiger partial charge on any atom is -0.508 e. The molecule has 344 valence electrons. The number of unbranched alkanes of at least 4 members (excludes halogenated alkanes) is 5. The van der Waals surface area contributed by atoms with Gasteiger partial charge < -0.3 is 36.7 Å². The van der Waals surface area contributed by atoms with E-state index < -0.39 is 0 Å². The number of hydrogen-bond donors (Lipinski definition) is 6. The van der Waals surface area contributed by atoms with Crippen LogP contribution in [0.3, 0.4) is 0 Å². The fourth-order valence-electron chi connectivity index (χ4n) is 8.59. The summed E-state index contributed by atoms with van der Waals surface area (Å²) in [5, 5.41) is 24.4. The summed E-state index contributed by atoms with van der Waals surface area (Å²) in [5.74, 6) is 0.336. The number of nitrogen functional groups attached to an aromatic ring is 1. The van der Waals surface area contributed by atoms with Gasteiger partial charge in [-0.1, -0.05) is 69.0 Å². The first-order chi connectivity index (χ1) is 32.1. The maximum absolute atomic E-state index is 12.8. The second-order valence-electron chi connectivity index (χ2n) is 16.8. The second-order valence-corrected chi connectivity index (χ2v) is 18.1. The summed E-state index contributed by atoms with van der Waals surface area (Å²) >= 11 is 1.82. The highest BCUT2D eigenvalue weighted by atomic mass is 32.1. The third-order valence-electron chi connectivity index (χ3n) is 12.0. The number of anilines is 1. The van der Waals surface area contributed by atoms with Gasteiger partial charge in [0.05, 0.1) is 6.54 Å². The lowest BCUT2D eigenvalue weighted by atomic mass is 9.92. The molecule has 0 fully saturated rings. The average Bonchev–Trinajstić information content (AvgIpc) is 3.91. The summed E-state index contributed by atoms with van der Waals surface area (Å²) in [7, 11) is 0. The molecule has 0 aliphatic carbocycles. The van der Waals surface area contributed by atoms with Crippen molar-refractivity contribution in [3.8, 4) is 38.4 Å². The quantitative estimate of drug-likeness (QED) is 0.0344. The maximum Gasteiger partial charge on any atom is 0.269 e. The number of aryl methyl sites for hydroxylation is 2. The maximum atomic E-state index is 12.8. The molecule has 0 unspecified atom stereocenters. The lowest BCUT2D eigenvalue weighted by Gasteiger charge is -2.16. The Kier molecular flexibility index (Phi) is 16.6. The predicted octanol–water partition coefficient (Wildman–Crippen LogP) is 9.70. The van der Waals surface area contributed by atoms with E-state index in [9.17, 15) is 19.5 Å². The summed E-state index contributed by atoms with van der Waals surface area (Å²) in [6.07, 6.45) is 11.1. The number of nitrogens with two attached hydrogens (primary N) is 1. The Morgan fingerprint density at radius 1 is 0.697 bits per heavy atom. The topological polar surface area (TPSA) is 176 Å². The van der Waals surface area contributed by atoms with Gasteiger partial charge in [-0.25, -0.2) is 4.98 Å². The van der Waals surface area contributed by atoms with E-state index >= 15 is 0 Å². The van der Waals surface area contributed by atoms with Crippen LogP contribution in [-0.4, -0.2) is 63.5 Å². The number of hydrogen-bond acceptors (Lipinski definition) is 9. The first kappa shape index (κ1) is 47.4.